The zero-order valence-electron chi connectivity index (χ0n) is 17.7. The number of Topliss-reactive ketones (excluding diaryl/α,β-unsaturated/α-hetero) is 1. The number of nitrogens with one attached hydrogen (secondary N) is 2. The molecule has 0 aliphatic rings. The average molecular weight is 459 g/mol. The summed E-state index contributed by atoms with van der Waals surface area (Å²) in [6.45, 7) is 2.26. The van der Waals surface area contributed by atoms with Crippen LogP contribution in [0.3, 0.4) is 0 Å². The van der Waals surface area contributed by atoms with Gasteiger partial charge in [0.05, 0.1) is 0 Å². The Morgan fingerprint density at radius 3 is 2.69 bits per heavy atom. The van der Waals surface area contributed by atoms with Gasteiger partial charge in [0, 0.05) is 34.4 Å². The summed E-state index contributed by atoms with van der Waals surface area (Å²) < 4.78 is 0. The van der Waals surface area contributed by atoms with Gasteiger partial charge in [0.1, 0.15) is 11.4 Å². The van der Waals surface area contributed by atoms with Gasteiger partial charge >= 0.3 is 5.97 Å². The van der Waals surface area contributed by atoms with Crippen LogP contribution >= 0.6 is 11.3 Å². The molecule has 0 saturated carbocycles. The molecule has 1 amide bonds. The molecule has 0 fully saturated rings. The number of carbonyl (C=O) groups is 3. The fourth-order valence-electron chi connectivity index (χ4n) is 3.50. The second-order valence-corrected chi connectivity index (χ2v) is 8.37. The number of nitrogens with two attached hydrogens (primary N) is 1. The number of thiazole rings is 1. The number of ketones is 1. The van der Waals surface area contributed by atoms with E-state index in [-0.39, 0.29) is 24.5 Å². The van der Waals surface area contributed by atoms with E-state index in [1.54, 1.807) is 18.2 Å². The Labute approximate surface area is 188 Å². The average Bonchev–Trinajstić information content (AvgIpc) is 3.36. The number of aliphatic hydroxyl groups is 1. The first kappa shape index (κ1) is 23.6. The van der Waals surface area contributed by atoms with Gasteiger partial charge in [-0.3, -0.25) is 14.9 Å². The maximum atomic E-state index is 12.9. The van der Waals surface area contributed by atoms with Crippen LogP contribution in [0, 0.1) is 0 Å². The van der Waals surface area contributed by atoms with Gasteiger partial charge in [-0.1, -0.05) is 6.92 Å². The summed E-state index contributed by atoms with van der Waals surface area (Å²) in [4.78, 5) is 44.8. The molecule has 0 radical (unpaired) electrons. The number of carboxylic acids is 1. The number of hydrogen-bond donors (Lipinski definition) is 5. The van der Waals surface area contributed by atoms with Crippen molar-refractivity contribution in [1.29, 1.82) is 0 Å². The summed E-state index contributed by atoms with van der Waals surface area (Å²) in [6, 6.07) is 4.93. The molecule has 0 atom stereocenters. The van der Waals surface area contributed by atoms with Gasteiger partial charge in [-0.25, -0.2) is 9.78 Å². The largest absolute Gasteiger partial charge is 0.477 e. The number of nitrogens with zero attached hydrogens (tertiary/aromatic N) is 1. The van der Waals surface area contributed by atoms with Crippen molar-refractivity contribution in [3.8, 4) is 0 Å². The molecule has 1 aromatic carbocycles. The number of aliphatic hydroxyl groups excluding tert-OH is 1. The quantitative estimate of drug-likeness (QED) is 0.276. The minimum atomic E-state index is -1.06. The lowest BCUT2D eigenvalue weighted by Crippen LogP contribution is -2.12. The van der Waals surface area contributed by atoms with E-state index in [2.05, 4.69) is 15.3 Å². The Morgan fingerprint density at radius 2 is 2.03 bits per heavy atom. The summed E-state index contributed by atoms with van der Waals surface area (Å²) in [5.41, 5.74) is 7.62. The molecule has 0 bridgehead atoms. The van der Waals surface area contributed by atoms with Crippen LogP contribution in [0.1, 0.15) is 68.0 Å². The lowest BCUT2D eigenvalue weighted by atomic mass is 10.0. The highest BCUT2D eigenvalue weighted by Crippen LogP contribution is 2.28. The maximum absolute atomic E-state index is 12.9. The van der Waals surface area contributed by atoms with Crippen molar-refractivity contribution in [2.75, 3.05) is 18.5 Å². The van der Waals surface area contributed by atoms with E-state index in [1.807, 2.05) is 6.92 Å². The van der Waals surface area contributed by atoms with Crippen LogP contribution in [0.25, 0.3) is 10.9 Å². The summed E-state index contributed by atoms with van der Waals surface area (Å²) in [5.74, 6) is -1.62. The number of carbonyl (C=O) groups excluding carboxylic acids is 2. The number of aromatic carboxylic acids is 1. The minimum Gasteiger partial charge on any atom is -0.477 e. The number of aromatic nitrogens is 2. The molecule has 10 heteroatoms. The number of aromatic amines is 1. The zero-order chi connectivity index (χ0) is 23.3. The van der Waals surface area contributed by atoms with Gasteiger partial charge in [-0.05, 0) is 56.0 Å². The van der Waals surface area contributed by atoms with Crippen molar-refractivity contribution >= 4 is 45.0 Å². The molecule has 0 saturated heterocycles. The standard InChI is InChI=1S/C22H26N4O5S/c1-2-17-19(16(28)6-4-10-27)25-22(32-17)26-20(29)12-7-8-15-14(11-12)13(5-3-9-23)18(24-15)21(30)31/h7-8,11,24,27H,2-6,9-10,23H2,1H3,(H,30,31)(H,25,26,29). The Kier molecular flexibility index (Phi) is 7.73. The van der Waals surface area contributed by atoms with Gasteiger partial charge in [0.15, 0.2) is 10.9 Å². The molecule has 32 heavy (non-hydrogen) atoms. The van der Waals surface area contributed by atoms with Gasteiger partial charge < -0.3 is 20.9 Å². The van der Waals surface area contributed by atoms with Crippen molar-refractivity contribution < 1.29 is 24.6 Å². The van der Waals surface area contributed by atoms with Gasteiger partial charge in [-0.2, -0.15) is 0 Å². The molecule has 0 aliphatic heterocycles. The van der Waals surface area contributed by atoms with Crippen LogP contribution in [0.5, 0.6) is 0 Å². The summed E-state index contributed by atoms with van der Waals surface area (Å²) in [5, 5.41) is 22.2. The third-order valence-corrected chi connectivity index (χ3v) is 6.19. The van der Waals surface area contributed by atoms with Crippen molar-refractivity contribution in [3.05, 3.63) is 45.6 Å². The van der Waals surface area contributed by atoms with Crippen molar-refractivity contribution in [2.24, 2.45) is 5.73 Å². The van der Waals surface area contributed by atoms with E-state index in [9.17, 15) is 19.5 Å². The fraction of sp³-hybridized carbons (Fsp3) is 0.364. The van der Waals surface area contributed by atoms with Crippen LogP contribution in [-0.4, -0.2) is 51.0 Å². The highest BCUT2D eigenvalue weighted by molar-refractivity contribution is 7.16. The van der Waals surface area contributed by atoms with Crippen LogP contribution in [0.2, 0.25) is 0 Å². The smallest absolute Gasteiger partial charge is 0.352 e. The molecule has 6 N–H and O–H groups in total. The summed E-state index contributed by atoms with van der Waals surface area (Å²) in [6.07, 6.45) is 2.26. The third-order valence-electron chi connectivity index (χ3n) is 5.08. The highest BCUT2D eigenvalue weighted by Gasteiger charge is 2.20. The number of fused-ring (bicyclic) bond motifs is 1. The Morgan fingerprint density at radius 1 is 1.25 bits per heavy atom. The van der Waals surface area contributed by atoms with Crippen molar-refractivity contribution in [3.63, 3.8) is 0 Å². The monoisotopic (exact) mass is 458 g/mol. The Bertz CT molecular complexity index is 1150. The van der Waals surface area contributed by atoms with Gasteiger partial charge in [-0.15, -0.1) is 11.3 Å². The van der Waals surface area contributed by atoms with Crippen molar-refractivity contribution in [1.82, 2.24) is 9.97 Å². The van der Waals surface area contributed by atoms with Gasteiger partial charge in [0.2, 0.25) is 0 Å². The second kappa shape index (κ2) is 10.5. The molecule has 0 spiro atoms. The van der Waals surface area contributed by atoms with E-state index in [0.29, 0.717) is 65.1 Å². The number of benzene rings is 1. The first-order valence-corrected chi connectivity index (χ1v) is 11.2. The van der Waals surface area contributed by atoms with E-state index in [0.717, 1.165) is 4.88 Å². The van der Waals surface area contributed by atoms with Gasteiger partial charge in [0.25, 0.3) is 5.91 Å². The number of H-pyrrole nitrogens is 1. The normalized spacial score (nSPS) is 11.1. The van der Waals surface area contributed by atoms with E-state index >= 15 is 0 Å². The number of anilines is 1. The molecule has 3 aromatic rings. The number of carboxylic acid groups (broad SMARTS) is 1. The first-order chi connectivity index (χ1) is 15.4. The Hall–Kier alpha value is -3.08. The topological polar surface area (TPSA) is 158 Å². The molecule has 0 aliphatic carbocycles. The zero-order valence-corrected chi connectivity index (χ0v) is 18.6. The maximum Gasteiger partial charge on any atom is 0.352 e. The second-order valence-electron chi connectivity index (χ2n) is 7.29. The predicted octanol–water partition coefficient (Wildman–Crippen LogP) is 2.98. The van der Waals surface area contributed by atoms with E-state index in [4.69, 9.17) is 10.8 Å². The lowest BCUT2D eigenvalue weighted by molar-refractivity contribution is 0.0689. The SMILES string of the molecule is CCc1sc(NC(=O)c2ccc3[nH]c(C(=O)O)c(CCCN)c3c2)nc1C(=O)CCCO. The van der Waals surface area contributed by atoms with Crippen LogP contribution in [0.4, 0.5) is 5.13 Å². The van der Waals surface area contributed by atoms with E-state index in [1.165, 1.54) is 11.3 Å². The lowest BCUT2D eigenvalue weighted by Gasteiger charge is -2.04. The number of aryl methyl sites for hydroxylation is 2. The molecule has 9 nitrogen and oxygen atoms in total. The van der Waals surface area contributed by atoms with Crippen LogP contribution in [-0.2, 0) is 12.8 Å². The van der Waals surface area contributed by atoms with Crippen LogP contribution < -0.4 is 11.1 Å². The number of rotatable bonds is 11. The molecule has 2 aromatic heterocycles. The summed E-state index contributed by atoms with van der Waals surface area (Å²) in [7, 11) is 0. The first-order valence-electron chi connectivity index (χ1n) is 10.4. The molecule has 2 heterocycles. The van der Waals surface area contributed by atoms with E-state index < -0.39 is 11.9 Å². The molecule has 170 valence electrons. The number of hydrogen-bond acceptors (Lipinski definition) is 7. The minimum absolute atomic E-state index is 0.0700. The predicted molar refractivity (Wildman–Crippen MR) is 123 cm³/mol. The molecular formula is C22H26N4O5S. The Balaban J connectivity index is 1.88. The third kappa shape index (κ3) is 5.04. The van der Waals surface area contributed by atoms with Crippen molar-refractivity contribution in [2.45, 2.75) is 39.0 Å². The summed E-state index contributed by atoms with van der Waals surface area (Å²) >= 11 is 1.25. The highest BCUT2D eigenvalue weighted by atomic mass is 32.1. The molecule has 0 unspecified atom stereocenters. The number of amides is 1. The van der Waals surface area contributed by atoms with Crippen LogP contribution in [0.15, 0.2) is 18.2 Å². The molecular weight excluding hydrogens is 432 g/mol. The fourth-order valence-corrected chi connectivity index (χ4v) is 4.41. The molecule has 3 rings (SSSR count).